The SMILES string of the molecule is NC(C1CC1c1ccccc1)C(C(F)(F)F)C(F)(F)F. The quantitative estimate of drug-likeness (QED) is 0.842. The molecule has 0 heterocycles. The largest absolute Gasteiger partial charge is 0.402 e. The van der Waals surface area contributed by atoms with Gasteiger partial charge in [0, 0.05) is 6.04 Å². The second kappa shape index (κ2) is 4.95. The zero-order chi connectivity index (χ0) is 15.1. The molecule has 20 heavy (non-hydrogen) atoms. The lowest BCUT2D eigenvalue weighted by molar-refractivity contribution is -0.290. The predicted molar refractivity (Wildman–Crippen MR) is 60.9 cm³/mol. The van der Waals surface area contributed by atoms with Crippen LogP contribution in [0.4, 0.5) is 26.3 Å². The Bertz CT molecular complexity index is 438. The van der Waals surface area contributed by atoms with Crippen LogP contribution >= 0.6 is 0 Å². The molecule has 112 valence electrons. The molecule has 0 saturated heterocycles. The van der Waals surface area contributed by atoms with Gasteiger partial charge in [-0.2, -0.15) is 26.3 Å². The molecule has 0 amide bonds. The predicted octanol–water partition coefficient (Wildman–Crippen LogP) is 3.86. The van der Waals surface area contributed by atoms with Gasteiger partial charge in [0.05, 0.1) is 0 Å². The first-order valence-corrected chi connectivity index (χ1v) is 6.06. The third kappa shape index (κ3) is 3.08. The zero-order valence-electron chi connectivity index (χ0n) is 10.2. The van der Waals surface area contributed by atoms with E-state index < -0.39 is 30.2 Å². The highest BCUT2D eigenvalue weighted by Crippen LogP contribution is 2.54. The summed E-state index contributed by atoms with van der Waals surface area (Å²) in [5.74, 6) is -4.57. The molecule has 0 aromatic heterocycles. The van der Waals surface area contributed by atoms with Crippen LogP contribution in [0.3, 0.4) is 0 Å². The highest BCUT2D eigenvalue weighted by atomic mass is 19.4. The molecular weight excluding hydrogens is 284 g/mol. The van der Waals surface area contributed by atoms with Crippen molar-refractivity contribution in [3.8, 4) is 0 Å². The fraction of sp³-hybridized carbons (Fsp3) is 0.538. The van der Waals surface area contributed by atoms with Crippen molar-refractivity contribution in [3.63, 3.8) is 0 Å². The number of halogens is 6. The molecule has 1 aliphatic rings. The van der Waals surface area contributed by atoms with Crippen molar-refractivity contribution in [3.05, 3.63) is 35.9 Å². The van der Waals surface area contributed by atoms with E-state index in [-0.39, 0.29) is 12.3 Å². The van der Waals surface area contributed by atoms with E-state index in [2.05, 4.69) is 0 Å². The molecule has 1 aromatic rings. The van der Waals surface area contributed by atoms with Crippen LogP contribution in [0.5, 0.6) is 0 Å². The van der Waals surface area contributed by atoms with Gasteiger partial charge in [0.25, 0.3) is 0 Å². The van der Waals surface area contributed by atoms with Crippen molar-refractivity contribution in [2.75, 3.05) is 0 Å². The van der Waals surface area contributed by atoms with Crippen molar-refractivity contribution in [1.82, 2.24) is 0 Å². The minimum atomic E-state index is -5.37. The Hall–Kier alpha value is -1.24. The van der Waals surface area contributed by atoms with Crippen LogP contribution in [0.2, 0.25) is 0 Å². The molecule has 1 saturated carbocycles. The molecule has 1 nitrogen and oxygen atoms in total. The number of nitrogens with two attached hydrogens (primary N) is 1. The zero-order valence-corrected chi connectivity index (χ0v) is 10.2. The fourth-order valence-corrected chi connectivity index (χ4v) is 2.59. The van der Waals surface area contributed by atoms with Gasteiger partial charge in [0.1, 0.15) is 0 Å². The minimum absolute atomic E-state index is 0.258. The third-order valence-corrected chi connectivity index (χ3v) is 3.65. The van der Waals surface area contributed by atoms with Crippen LogP contribution in [0.25, 0.3) is 0 Å². The normalized spacial score (nSPS) is 24.8. The summed E-state index contributed by atoms with van der Waals surface area (Å²) in [5.41, 5.74) is 6.02. The van der Waals surface area contributed by atoms with Crippen molar-refractivity contribution in [2.24, 2.45) is 17.6 Å². The van der Waals surface area contributed by atoms with Crippen LogP contribution in [-0.4, -0.2) is 18.4 Å². The third-order valence-electron chi connectivity index (χ3n) is 3.65. The summed E-state index contributed by atoms with van der Waals surface area (Å²) in [6, 6.07) is 6.54. The van der Waals surface area contributed by atoms with E-state index in [9.17, 15) is 26.3 Å². The number of hydrogen-bond donors (Lipinski definition) is 1. The van der Waals surface area contributed by atoms with Crippen LogP contribution in [0.15, 0.2) is 30.3 Å². The maximum absolute atomic E-state index is 12.6. The minimum Gasteiger partial charge on any atom is -0.327 e. The van der Waals surface area contributed by atoms with Crippen molar-refractivity contribution in [2.45, 2.75) is 30.7 Å². The molecule has 7 heteroatoms. The number of benzene rings is 1. The van der Waals surface area contributed by atoms with Crippen LogP contribution in [0, 0.1) is 11.8 Å². The van der Waals surface area contributed by atoms with E-state index in [4.69, 9.17) is 5.73 Å². The van der Waals surface area contributed by atoms with E-state index in [0.29, 0.717) is 0 Å². The van der Waals surface area contributed by atoms with Gasteiger partial charge in [-0.25, -0.2) is 0 Å². The van der Waals surface area contributed by atoms with Crippen molar-refractivity contribution >= 4 is 0 Å². The van der Waals surface area contributed by atoms with Crippen molar-refractivity contribution < 1.29 is 26.3 Å². The second-order valence-corrected chi connectivity index (χ2v) is 5.05. The Kier molecular flexibility index (Phi) is 3.75. The first kappa shape index (κ1) is 15.2. The summed E-state index contributed by atoms with van der Waals surface area (Å²) in [5, 5.41) is 0. The molecule has 3 atom stereocenters. The Balaban J connectivity index is 2.14. The molecule has 0 radical (unpaired) electrons. The molecule has 2 rings (SSSR count). The lowest BCUT2D eigenvalue weighted by atomic mass is 9.93. The van der Waals surface area contributed by atoms with E-state index in [1.165, 1.54) is 0 Å². The molecular formula is C13H13F6N. The Labute approximate surface area is 111 Å². The lowest BCUT2D eigenvalue weighted by Gasteiger charge is -2.28. The monoisotopic (exact) mass is 297 g/mol. The van der Waals surface area contributed by atoms with Gasteiger partial charge >= 0.3 is 12.4 Å². The van der Waals surface area contributed by atoms with E-state index in [1.807, 2.05) is 0 Å². The van der Waals surface area contributed by atoms with Gasteiger partial charge in [-0.1, -0.05) is 30.3 Å². The molecule has 1 aromatic carbocycles. The smallest absolute Gasteiger partial charge is 0.327 e. The van der Waals surface area contributed by atoms with Gasteiger partial charge in [-0.3, -0.25) is 0 Å². The highest BCUT2D eigenvalue weighted by molar-refractivity contribution is 5.27. The maximum Gasteiger partial charge on any atom is 0.402 e. The standard InChI is InChI=1S/C13H13F6N/c14-12(15,16)11(13(17,18)19)10(20)9-6-8(9)7-4-2-1-3-5-7/h1-5,8-11H,6,20H2. The number of rotatable bonds is 3. The van der Waals surface area contributed by atoms with E-state index in [1.54, 1.807) is 30.3 Å². The summed E-state index contributed by atoms with van der Waals surface area (Å²) >= 11 is 0. The Morgan fingerprint density at radius 2 is 1.45 bits per heavy atom. The van der Waals surface area contributed by atoms with Gasteiger partial charge in [0.15, 0.2) is 5.92 Å². The van der Waals surface area contributed by atoms with Crippen LogP contribution < -0.4 is 5.73 Å². The summed E-state index contributed by atoms with van der Waals surface area (Å²) in [6.45, 7) is 0. The number of alkyl halides is 6. The number of hydrogen-bond acceptors (Lipinski definition) is 1. The van der Waals surface area contributed by atoms with Crippen LogP contribution in [0.1, 0.15) is 17.9 Å². The summed E-state index contributed by atoms with van der Waals surface area (Å²) in [6.07, 6.45) is -10.5. The summed E-state index contributed by atoms with van der Waals surface area (Å²) in [4.78, 5) is 0. The van der Waals surface area contributed by atoms with E-state index in [0.717, 1.165) is 5.56 Å². The molecule has 1 aliphatic carbocycles. The molecule has 2 N–H and O–H groups in total. The highest BCUT2D eigenvalue weighted by Gasteiger charge is 2.63. The fourth-order valence-electron chi connectivity index (χ4n) is 2.59. The van der Waals surface area contributed by atoms with Gasteiger partial charge in [-0.15, -0.1) is 0 Å². The van der Waals surface area contributed by atoms with E-state index >= 15 is 0 Å². The maximum atomic E-state index is 12.6. The van der Waals surface area contributed by atoms with Gasteiger partial charge in [-0.05, 0) is 23.8 Å². The average molecular weight is 297 g/mol. The van der Waals surface area contributed by atoms with Gasteiger partial charge < -0.3 is 5.73 Å². The first-order chi connectivity index (χ1) is 9.12. The first-order valence-electron chi connectivity index (χ1n) is 6.06. The topological polar surface area (TPSA) is 26.0 Å². The second-order valence-electron chi connectivity index (χ2n) is 5.05. The summed E-state index contributed by atoms with van der Waals surface area (Å²) < 4.78 is 75.5. The van der Waals surface area contributed by atoms with Gasteiger partial charge in [0.2, 0.25) is 0 Å². The molecule has 1 fully saturated rings. The Morgan fingerprint density at radius 1 is 0.950 bits per heavy atom. The molecule has 0 spiro atoms. The molecule has 0 bridgehead atoms. The molecule has 3 unspecified atom stereocenters. The lowest BCUT2D eigenvalue weighted by Crippen LogP contribution is -2.50. The summed E-state index contributed by atoms with van der Waals surface area (Å²) in [7, 11) is 0. The average Bonchev–Trinajstić information content (AvgIpc) is 3.05. The molecule has 0 aliphatic heterocycles. The van der Waals surface area contributed by atoms with Crippen LogP contribution in [-0.2, 0) is 0 Å². The Morgan fingerprint density at radius 3 is 1.90 bits per heavy atom. The van der Waals surface area contributed by atoms with Crippen molar-refractivity contribution in [1.29, 1.82) is 0 Å².